The molecular formula is C12H16ClFN2O4. The van der Waals surface area contributed by atoms with Gasteiger partial charge in [0.25, 0.3) is 5.91 Å². The predicted molar refractivity (Wildman–Crippen MR) is 69.2 cm³/mol. The molecule has 0 aliphatic carbocycles. The number of aliphatic hydroxyl groups is 2. The maximum Gasteiger partial charge on any atom is 0.250 e. The molecule has 0 aromatic heterocycles. The van der Waals surface area contributed by atoms with Crippen molar-refractivity contribution in [3.05, 3.63) is 24.7 Å². The molecule has 0 saturated carbocycles. The van der Waals surface area contributed by atoms with Crippen LogP contribution in [0.5, 0.6) is 0 Å². The Bertz CT molecular complexity index is 459. The monoisotopic (exact) mass is 306 g/mol. The molecular weight excluding hydrogens is 291 g/mol. The van der Waals surface area contributed by atoms with Crippen LogP contribution in [0.3, 0.4) is 0 Å². The third-order valence-electron chi connectivity index (χ3n) is 3.58. The molecule has 112 valence electrons. The highest BCUT2D eigenvalue weighted by Crippen LogP contribution is 2.40. The van der Waals surface area contributed by atoms with Crippen LogP contribution in [-0.2, 0) is 9.53 Å². The minimum absolute atomic E-state index is 0.195. The largest absolute Gasteiger partial charge is 0.393 e. The maximum absolute atomic E-state index is 13.8. The van der Waals surface area contributed by atoms with Gasteiger partial charge in [0.1, 0.15) is 23.5 Å². The van der Waals surface area contributed by atoms with Gasteiger partial charge in [0.2, 0.25) is 0 Å². The van der Waals surface area contributed by atoms with Gasteiger partial charge in [0, 0.05) is 12.3 Å². The Morgan fingerprint density at radius 3 is 2.85 bits per heavy atom. The van der Waals surface area contributed by atoms with Gasteiger partial charge in [-0.15, -0.1) is 11.6 Å². The Morgan fingerprint density at radius 2 is 2.40 bits per heavy atom. The van der Waals surface area contributed by atoms with Crippen LogP contribution in [-0.4, -0.2) is 57.1 Å². The van der Waals surface area contributed by atoms with Crippen molar-refractivity contribution < 1.29 is 24.1 Å². The molecule has 0 radical (unpaired) electrons. The van der Waals surface area contributed by atoms with Gasteiger partial charge >= 0.3 is 0 Å². The normalized spacial score (nSPS) is 39.0. The molecule has 1 unspecified atom stereocenters. The number of rotatable bonds is 3. The molecule has 1 amide bonds. The minimum atomic E-state index is -1.80. The van der Waals surface area contributed by atoms with Crippen molar-refractivity contribution in [2.24, 2.45) is 0 Å². The number of nitrogens with one attached hydrogen (secondary N) is 1. The lowest BCUT2D eigenvalue weighted by Gasteiger charge is -2.34. The van der Waals surface area contributed by atoms with E-state index in [1.165, 1.54) is 24.1 Å². The van der Waals surface area contributed by atoms with Crippen LogP contribution < -0.4 is 5.32 Å². The highest BCUT2D eigenvalue weighted by atomic mass is 35.5. The molecule has 8 heteroatoms. The third kappa shape index (κ3) is 2.20. The lowest BCUT2D eigenvalue weighted by molar-refractivity contribution is -0.165. The number of carbonyl (C=O) groups excluding carboxylic acids is 1. The van der Waals surface area contributed by atoms with Crippen molar-refractivity contribution in [2.45, 2.75) is 36.4 Å². The summed E-state index contributed by atoms with van der Waals surface area (Å²) in [6, 6.07) is 0. The van der Waals surface area contributed by atoms with E-state index >= 15 is 0 Å². The topological polar surface area (TPSA) is 82.0 Å². The Labute approximate surface area is 120 Å². The predicted octanol–water partition coefficient (Wildman–Crippen LogP) is -0.183. The molecule has 0 bridgehead atoms. The molecule has 20 heavy (non-hydrogen) atoms. The number of carbonyl (C=O) groups is 1. The van der Waals surface area contributed by atoms with Gasteiger partial charge < -0.3 is 25.2 Å². The summed E-state index contributed by atoms with van der Waals surface area (Å²) in [5.41, 5.74) is -1.80. The average molecular weight is 307 g/mol. The van der Waals surface area contributed by atoms with Crippen LogP contribution in [0.1, 0.15) is 6.92 Å². The van der Waals surface area contributed by atoms with E-state index in [4.69, 9.17) is 16.3 Å². The number of halogens is 2. The third-order valence-corrected chi connectivity index (χ3v) is 4.03. The number of hydrogen-bond donors (Lipinski definition) is 3. The molecule has 0 spiro atoms. The summed E-state index contributed by atoms with van der Waals surface area (Å²) in [5, 5.41) is 20.9. The summed E-state index contributed by atoms with van der Waals surface area (Å²) in [4.78, 5) is 12.5. The zero-order chi connectivity index (χ0) is 15.1. The summed E-state index contributed by atoms with van der Waals surface area (Å²) in [6.07, 6.45) is -1.39. The first-order chi connectivity index (χ1) is 9.33. The van der Waals surface area contributed by atoms with Crippen molar-refractivity contribution in [1.82, 2.24) is 10.2 Å². The first-order valence-corrected chi connectivity index (χ1v) is 6.48. The fraction of sp³-hybridized carbons (Fsp3) is 0.583. The van der Waals surface area contributed by atoms with Crippen LogP contribution in [0.15, 0.2) is 24.7 Å². The second kappa shape index (κ2) is 5.33. The highest BCUT2D eigenvalue weighted by molar-refractivity contribution is 6.21. The number of amides is 1. The average Bonchev–Trinajstić information content (AvgIpc) is 2.64. The Morgan fingerprint density at radius 1 is 1.75 bits per heavy atom. The van der Waals surface area contributed by atoms with Gasteiger partial charge in [-0.05, 0) is 6.92 Å². The van der Waals surface area contributed by atoms with E-state index in [1.54, 1.807) is 0 Å². The Hall–Kier alpha value is -1.15. The quantitative estimate of drug-likeness (QED) is 0.630. The van der Waals surface area contributed by atoms with Crippen molar-refractivity contribution in [3.63, 3.8) is 0 Å². The van der Waals surface area contributed by atoms with E-state index in [-0.39, 0.29) is 11.7 Å². The van der Waals surface area contributed by atoms with E-state index < -0.39 is 36.1 Å². The fourth-order valence-corrected chi connectivity index (χ4v) is 2.69. The lowest BCUT2D eigenvalue weighted by atomic mass is 9.93. The summed E-state index contributed by atoms with van der Waals surface area (Å²) < 4.78 is 19.2. The van der Waals surface area contributed by atoms with E-state index in [1.807, 2.05) is 0 Å². The Balaban J connectivity index is 2.29. The molecule has 5 atom stereocenters. The van der Waals surface area contributed by atoms with Gasteiger partial charge in [-0.2, -0.15) is 0 Å². The van der Waals surface area contributed by atoms with Gasteiger partial charge in [-0.3, -0.25) is 4.79 Å². The van der Waals surface area contributed by atoms with Crippen molar-refractivity contribution in [3.8, 4) is 0 Å². The summed E-state index contributed by atoms with van der Waals surface area (Å²) in [6.45, 7) is 4.09. The van der Waals surface area contributed by atoms with Crippen molar-refractivity contribution in [1.29, 1.82) is 0 Å². The first kappa shape index (κ1) is 15.2. The van der Waals surface area contributed by atoms with Crippen LogP contribution in [0.4, 0.5) is 4.39 Å². The minimum Gasteiger partial charge on any atom is -0.393 e. The summed E-state index contributed by atoms with van der Waals surface area (Å²) >= 11 is 6.09. The van der Waals surface area contributed by atoms with Crippen LogP contribution >= 0.6 is 11.6 Å². The maximum atomic E-state index is 13.8. The molecule has 2 heterocycles. The summed E-state index contributed by atoms with van der Waals surface area (Å²) in [5.74, 6) is -0.163. The van der Waals surface area contributed by atoms with Crippen LogP contribution in [0, 0.1) is 0 Å². The number of ether oxygens (including phenoxy) is 1. The number of nitrogens with zero attached hydrogens (tertiary/aromatic N) is 1. The van der Waals surface area contributed by atoms with Crippen molar-refractivity contribution >= 4 is 17.5 Å². The molecule has 2 aliphatic rings. The molecule has 0 aromatic carbocycles. The standard InChI is InChI=1S/C12H16ClFN2O4/c1-6(14)12(5-17)10(19)9(13)11(20-12)16-4-3-8(18)15-7(16)2/h3-4,6,9-11,17,19H,2,5H2,1H3,(H,15,18)/t6?,9-,10+,11-,12+/m1/s1. The SMILES string of the molecule is C=C1NC(=O)C=CN1[C@@H]1O[C@@](CO)(C(C)F)[C@@H](O)[C@H]1Cl. The van der Waals surface area contributed by atoms with E-state index in [9.17, 15) is 19.4 Å². The molecule has 1 saturated heterocycles. The molecule has 1 fully saturated rings. The second-order valence-electron chi connectivity index (χ2n) is 4.79. The first-order valence-electron chi connectivity index (χ1n) is 6.05. The molecule has 2 rings (SSSR count). The van der Waals surface area contributed by atoms with Crippen LogP contribution in [0.25, 0.3) is 0 Å². The lowest BCUT2D eigenvalue weighted by Crippen LogP contribution is -2.52. The van der Waals surface area contributed by atoms with Gasteiger partial charge in [-0.25, -0.2) is 4.39 Å². The molecule has 6 nitrogen and oxygen atoms in total. The van der Waals surface area contributed by atoms with Gasteiger partial charge in [0.15, 0.2) is 11.8 Å². The summed E-state index contributed by atoms with van der Waals surface area (Å²) in [7, 11) is 0. The zero-order valence-corrected chi connectivity index (χ0v) is 11.5. The van der Waals surface area contributed by atoms with E-state index in [2.05, 4.69) is 11.9 Å². The second-order valence-corrected chi connectivity index (χ2v) is 5.29. The molecule has 2 aliphatic heterocycles. The number of hydrogen-bond acceptors (Lipinski definition) is 5. The van der Waals surface area contributed by atoms with E-state index in [0.717, 1.165) is 0 Å². The number of aliphatic hydroxyl groups excluding tert-OH is 2. The van der Waals surface area contributed by atoms with Gasteiger partial charge in [-0.1, -0.05) is 6.58 Å². The van der Waals surface area contributed by atoms with Crippen molar-refractivity contribution in [2.75, 3.05) is 6.61 Å². The van der Waals surface area contributed by atoms with Crippen LogP contribution in [0.2, 0.25) is 0 Å². The van der Waals surface area contributed by atoms with Gasteiger partial charge in [0.05, 0.1) is 6.61 Å². The highest BCUT2D eigenvalue weighted by Gasteiger charge is 2.58. The molecule has 3 N–H and O–H groups in total. The fourth-order valence-electron chi connectivity index (χ4n) is 2.31. The molecule has 0 aromatic rings. The smallest absolute Gasteiger partial charge is 0.250 e. The van der Waals surface area contributed by atoms with E-state index in [0.29, 0.717) is 0 Å². The number of alkyl halides is 2. The Kier molecular flexibility index (Phi) is 4.06. The zero-order valence-electron chi connectivity index (χ0n) is 10.8.